The molecule has 1 heterocycles. The van der Waals surface area contributed by atoms with E-state index in [1.54, 1.807) is 0 Å². The summed E-state index contributed by atoms with van der Waals surface area (Å²) in [5, 5.41) is 6.53. The minimum atomic E-state index is 0.0224. The van der Waals surface area contributed by atoms with Crippen LogP contribution in [0.25, 0.3) is 0 Å². The van der Waals surface area contributed by atoms with E-state index >= 15 is 0 Å². The molecule has 0 saturated carbocycles. The molecule has 1 aromatic rings. The summed E-state index contributed by atoms with van der Waals surface area (Å²) in [6.45, 7) is 12.2. The van der Waals surface area contributed by atoms with Crippen molar-refractivity contribution in [2.24, 2.45) is 5.92 Å². The number of amides is 1. The van der Waals surface area contributed by atoms with Crippen LogP contribution in [0.5, 0.6) is 0 Å². The van der Waals surface area contributed by atoms with Gasteiger partial charge < -0.3 is 10.6 Å². The summed E-state index contributed by atoms with van der Waals surface area (Å²) < 4.78 is 0. The molecule has 110 valence electrons. The van der Waals surface area contributed by atoms with Gasteiger partial charge in [0, 0.05) is 19.0 Å². The quantitative estimate of drug-likeness (QED) is 0.870. The van der Waals surface area contributed by atoms with Gasteiger partial charge in [0.1, 0.15) is 0 Å². The molecule has 0 spiro atoms. The molecule has 1 atom stereocenters. The van der Waals surface area contributed by atoms with E-state index in [2.05, 4.69) is 49.6 Å². The number of rotatable bonds is 2. The van der Waals surface area contributed by atoms with Crippen LogP contribution in [-0.2, 0) is 16.8 Å². The van der Waals surface area contributed by atoms with Crippen LogP contribution in [0.15, 0.2) is 18.2 Å². The fraction of sp³-hybridized carbons (Fsp3) is 0.588. The molecule has 0 aliphatic carbocycles. The van der Waals surface area contributed by atoms with Gasteiger partial charge in [-0.1, -0.05) is 52.8 Å². The molecular weight excluding hydrogens is 248 g/mol. The van der Waals surface area contributed by atoms with Gasteiger partial charge in [-0.15, -0.1) is 0 Å². The third-order valence-electron chi connectivity index (χ3n) is 3.89. The van der Waals surface area contributed by atoms with E-state index in [0.29, 0.717) is 0 Å². The summed E-state index contributed by atoms with van der Waals surface area (Å²) in [7, 11) is 0. The lowest BCUT2D eigenvalue weighted by atomic mass is 9.83. The van der Waals surface area contributed by atoms with Crippen molar-refractivity contribution in [3.8, 4) is 0 Å². The van der Waals surface area contributed by atoms with Crippen LogP contribution in [0, 0.1) is 5.92 Å². The molecule has 1 aliphatic heterocycles. The smallest absolute Gasteiger partial charge is 0.223 e. The zero-order valence-corrected chi connectivity index (χ0v) is 13.2. The number of benzene rings is 1. The first-order valence-corrected chi connectivity index (χ1v) is 7.43. The van der Waals surface area contributed by atoms with E-state index in [9.17, 15) is 4.79 Å². The highest BCUT2D eigenvalue weighted by Crippen LogP contribution is 2.29. The molecule has 1 unspecified atom stereocenters. The average molecular weight is 274 g/mol. The largest absolute Gasteiger partial charge is 0.348 e. The molecule has 0 radical (unpaired) electrons. The van der Waals surface area contributed by atoms with Gasteiger partial charge in [-0.2, -0.15) is 0 Å². The molecule has 2 N–H and O–H groups in total. The maximum atomic E-state index is 11.9. The van der Waals surface area contributed by atoms with Gasteiger partial charge in [-0.25, -0.2) is 0 Å². The van der Waals surface area contributed by atoms with Gasteiger partial charge >= 0.3 is 0 Å². The van der Waals surface area contributed by atoms with Gasteiger partial charge in [0.05, 0.1) is 6.04 Å². The molecular formula is C17H26N2O. The third-order valence-corrected chi connectivity index (χ3v) is 3.89. The van der Waals surface area contributed by atoms with E-state index in [-0.39, 0.29) is 23.3 Å². The first-order chi connectivity index (χ1) is 9.29. The van der Waals surface area contributed by atoms with Gasteiger partial charge in [0.25, 0.3) is 0 Å². The van der Waals surface area contributed by atoms with E-state index in [4.69, 9.17) is 0 Å². The molecule has 3 heteroatoms. The predicted molar refractivity (Wildman–Crippen MR) is 82.6 cm³/mol. The first-order valence-electron chi connectivity index (χ1n) is 7.43. The SMILES string of the molecule is CC(C)C(=O)NC1CNCc2cc(C(C)(C)C)ccc21. The van der Waals surface area contributed by atoms with Crippen LogP contribution >= 0.6 is 0 Å². The lowest BCUT2D eigenvalue weighted by Gasteiger charge is -2.30. The lowest BCUT2D eigenvalue weighted by molar-refractivity contribution is -0.124. The Morgan fingerprint density at radius 2 is 2.05 bits per heavy atom. The summed E-state index contributed by atoms with van der Waals surface area (Å²) in [6.07, 6.45) is 0. The summed E-state index contributed by atoms with van der Waals surface area (Å²) >= 11 is 0. The van der Waals surface area contributed by atoms with Crippen molar-refractivity contribution in [1.82, 2.24) is 10.6 Å². The summed E-state index contributed by atoms with van der Waals surface area (Å²) in [4.78, 5) is 11.9. The van der Waals surface area contributed by atoms with E-state index in [0.717, 1.165) is 13.1 Å². The van der Waals surface area contributed by atoms with Crippen molar-refractivity contribution in [3.05, 3.63) is 34.9 Å². The molecule has 0 bridgehead atoms. The van der Waals surface area contributed by atoms with E-state index < -0.39 is 0 Å². The molecule has 0 fully saturated rings. The molecule has 20 heavy (non-hydrogen) atoms. The summed E-state index contributed by atoms with van der Waals surface area (Å²) in [5.41, 5.74) is 4.06. The highest BCUT2D eigenvalue weighted by molar-refractivity contribution is 5.78. The van der Waals surface area contributed by atoms with Crippen molar-refractivity contribution in [2.45, 2.75) is 52.6 Å². The standard InChI is InChI=1S/C17H26N2O/c1-11(2)16(20)19-15-10-18-9-12-8-13(17(3,4)5)6-7-14(12)15/h6-8,11,15,18H,9-10H2,1-5H3,(H,19,20). The van der Waals surface area contributed by atoms with E-state index in [1.165, 1.54) is 16.7 Å². The van der Waals surface area contributed by atoms with Gasteiger partial charge in [-0.3, -0.25) is 4.79 Å². The number of fused-ring (bicyclic) bond motifs is 1. The Morgan fingerprint density at radius 3 is 2.65 bits per heavy atom. The number of carbonyl (C=O) groups is 1. The predicted octanol–water partition coefficient (Wildman–Crippen LogP) is 2.90. The van der Waals surface area contributed by atoms with Crippen LogP contribution in [0.1, 0.15) is 57.4 Å². The van der Waals surface area contributed by atoms with Gasteiger partial charge in [0.2, 0.25) is 5.91 Å². The number of carbonyl (C=O) groups excluding carboxylic acids is 1. The molecule has 2 rings (SSSR count). The Labute approximate surface area is 122 Å². The fourth-order valence-electron chi connectivity index (χ4n) is 2.49. The average Bonchev–Trinajstić information content (AvgIpc) is 2.37. The Balaban J connectivity index is 2.26. The zero-order chi connectivity index (χ0) is 14.9. The van der Waals surface area contributed by atoms with Crippen LogP contribution in [-0.4, -0.2) is 12.5 Å². The topological polar surface area (TPSA) is 41.1 Å². The van der Waals surface area contributed by atoms with Crippen molar-refractivity contribution in [3.63, 3.8) is 0 Å². The van der Waals surface area contributed by atoms with Gasteiger partial charge in [0.15, 0.2) is 0 Å². The minimum absolute atomic E-state index is 0.0224. The Kier molecular flexibility index (Phi) is 4.19. The second kappa shape index (κ2) is 5.57. The maximum Gasteiger partial charge on any atom is 0.223 e. The number of hydrogen-bond acceptors (Lipinski definition) is 2. The molecule has 0 aromatic heterocycles. The highest BCUT2D eigenvalue weighted by atomic mass is 16.1. The molecule has 0 saturated heterocycles. The second-order valence-corrected chi connectivity index (χ2v) is 7.01. The van der Waals surface area contributed by atoms with E-state index in [1.807, 2.05) is 13.8 Å². The second-order valence-electron chi connectivity index (χ2n) is 7.01. The highest BCUT2D eigenvalue weighted by Gasteiger charge is 2.24. The van der Waals surface area contributed by atoms with Crippen molar-refractivity contribution >= 4 is 5.91 Å². The molecule has 1 amide bonds. The van der Waals surface area contributed by atoms with Crippen molar-refractivity contribution < 1.29 is 4.79 Å². The van der Waals surface area contributed by atoms with Crippen LogP contribution < -0.4 is 10.6 Å². The van der Waals surface area contributed by atoms with Crippen molar-refractivity contribution in [1.29, 1.82) is 0 Å². The minimum Gasteiger partial charge on any atom is -0.348 e. The summed E-state index contributed by atoms with van der Waals surface area (Å²) in [5.74, 6) is 0.138. The molecule has 3 nitrogen and oxygen atoms in total. The molecule has 1 aromatic carbocycles. The zero-order valence-electron chi connectivity index (χ0n) is 13.2. The lowest BCUT2D eigenvalue weighted by Crippen LogP contribution is -2.41. The first kappa shape index (κ1) is 15.0. The number of nitrogens with one attached hydrogen (secondary N) is 2. The third kappa shape index (κ3) is 3.21. The van der Waals surface area contributed by atoms with Crippen LogP contribution in [0.4, 0.5) is 0 Å². The van der Waals surface area contributed by atoms with Crippen LogP contribution in [0.3, 0.4) is 0 Å². The number of hydrogen-bond donors (Lipinski definition) is 2. The fourth-order valence-corrected chi connectivity index (χ4v) is 2.49. The monoisotopic (exact) mass is 274 g/mol. The van der Waals surface area contributed by atoms with Gasteiger partial charge in [-0.05, 0) is 22.1 Å². The Morgan fingerprint density at radius 1 is 1.35 bits per heavy atom. The Bertz CT molecular complexity index is 500. The Hall–Kier alpha value is -1.35. The van der Waals surface area contributed by atoms with Crippen molar-refractivity contribution in [2.75, 3.05) is 6.54 Å². The normalized spacial score (nSPS) is 18.8. The van der Waals surface area contributed by atoms with Crippen LogP contribution in [0.2, 0.25) is 0 Å². The maximum absolute atomic E-state index is 11.9. The summed E-state index contributed by atoms with van der Waals surface area (Å²) in [6, 6.07) is 6.74. The molecule has 1 aliphatic rings.